The zero-order valence-electron chi connectivity index (χ0n) is 15.9. The number of rotatable bonds is 7. The van der Waals surface area contributed by atoms with Crippen molar-refractivity contribution in [1.82, 2.24) is 15.1 Å². The van der Waals surface area contributed by atoms with Crippen LogP contribution >= 0.6 is 0 Å². The van der Waals surface area contributed by atoms with E-state index in [1.165, 1.54) is 12.1 Å². The quantitative estimate of drug-likeness (QED) is 0.376. The molecular formula is C21H20N4O4. The second-order valence-corrected chi connectivity index (χ2v) is 6.83. The Morgan fingerprint density at radius 3 is 2.72 bits per heavy atom. The Bertz CT molecular complexity index is 1050. The summed E-state index contributed by atoms with van der Waals surface area (Å²) in [7, 11) is 1.63. The van der Waals surface area contributed by atoms with Gasteiger partial charge in [-0.05, 0) is 12.0 Å². The van der Waals surface area contributed by atoms with Crippen LogP contribution in [0, 0.1) is 10.1 Å². The van der Waals surface area contributed by atoms with Crippen LogP contribution in [0.2, 0.25) is 0 Å². The number of aromatic amines is 1. The molecule has 1 unspecified atom stereocenters. The molecule has 1 aliphatic heterocycles. The van der Waals surface area contributed by atoms with Gasteiger partial charge in [0.1, 0.15) is 5.69 Å². The highest BCUT2D eigenvalue weighted by Crippen LogP contribution is 2.43. The number of nitrogens with zero attached hydrogens (tertiary/aromatic N) is 3. The summed E-state index contributed by atoms with van der Waals surface area (Å²) in [5, 5.41) is 18.4. The van der Waals surface area contributed by atoms with Gasteiger partial charge in [0, 0.05) is 43.5 Å². The van der Waals surface area contributed by atoms with E-state index in [1.807, 2.05) is 30.3 Å². The maximum atomic E-state index is 13.1. The van der Waals surface area contributed by atoms with E-state index in [0.717, 1.165) is 11.1 Å². The second-order valence-electron chi connectivity index (χ2n) is 6.83. The van der Waals surface area contributed by atoms with Gasteiger partial charge in [0.15, 0.2) is 0 Å². The fourth-order valence-corrected chi connectivity index (χ4v) is 3.78. The molecule has 0 saturated carbocycles. The van der Waals surface area contributed by atoms with Gasteiger partial charge in [0.2, 0.25) is 0 Å². The molecule has 0 saturated heterocycles. The van der Waals surface area contributed by atoms with Gasteiger partial charge in [-0.1, -0.05) is 42.5 Å². The number of hydrogen-bond donors (Lipinski definition) is 1. The van der Waals surface area contributed by atoms with Crippen LogP contribution in [-0.2, 0) is 4.74 Å². The summed E-state index contributed by atoms with van der Waals surface area (Å²) in [5.41, 5.74) is 3.28. The third-order valence-corrected chi connectivity index (χ3v) is 5.06. The minimum absolute atomic E-state index is 0.0169. The average molecular weight is 392 g/mol. The van der Waals surface area contributed by atoms with Crippen LogP contribution in [0.4, 0.5) is 5.69 Å². The van der Waals surface area contributed by atoms with Gasteiger partial charge in [0.05, 0.1) is 16.7 Å². The summed E-state index contributed by atoms with van der Waals surface area (Å²) in [4.78, 5) is 25.7. The second kappa shape index (κ2) is 7.84. The fourth-order valence-electron chi connectivity index (χ4n) is 3.78. The van der Waals surface area contributed by atoms with Gasteiger partial charge in [0.25, 0.3) is 11.6 Å². The number of ether oxygens (including phenoxy) is 1. The molecule has 1 aromatic heterocycles. The van der Waals surface area contributed by atoms with Gasteiger partial charge < -0.3 is 9.64 Å². The molecule has 8 nitrogen and oxygen atoms in total. The number of nitrogens with one attached hydrogen (secondary N) is 1. The van der Waals surface area contributed by atoms with E-state index in [0.29, 0.717) is 36.5 Å². The Kier molecular flexibility index (Phi) is 5.09. The minimum Gasteiger partial charge on any atom is -0.385 e. The number of non-ortho nitro benzene ring substituents is 1. The number of nitro benzene ring substituents is 1. The maximum Gasteiger partial charge on any atom is 0.273 e. The number of methoxy groups -OCH3 is 1. The highest BCUT2D eigenvalue weighted by Gasteiger charge is 2.41. The number of H-pyrrole nitrogens is 1. The van der Waals surface area contributed by atoms with Crippen molar-refractivity contribution in [3.8, 4) is 11.3 Å². The molecule has 1 aliphatic rings. The van der Waals surface area contributed by atoms with E-state index in [4.69, 9.17) is 4.74 Å². The molecule has 1 amide bonds. The lowest BCUT2D eigenvalue weighted by molar-refractivity contribution is -0.384. The average Bonchev–Trinajstić information content (AvgIpc) is 3.28. The molecule has 0 spiro atoms. The molecule has 29 heavy (non-hydrogen) atoms. The van der Waals surface area contributed by atoms with Crippen molar-refractivity contribution in [3.05, 3.63) is 81.5 Å². The molecule has 148 valence electrons. The highest BCUT2D eigenvalue weighted by atomic mass is 16.6. The van der Waals surface area contributed by atoms with Crippen LogP contribution in [0.15, 0.2) is 54.6 Å². The van der Waals surface area contributed by atoms with Crippen LogP contribution in [0.25, 0.3) is 11.3 Å². The predicted molar refractivity (Wildman–Crippen MR) is 106 cm³/mol. The summed E-state index contributed by atoms with van der Waals surface area (Å²) in [6.07, 6.45) is 0.704. The monoisotopic (exact) mass is 392 g/mol. The molecule has 2 heterocycles. The van der Waals surface area contributed by atoms with Crippen LogP contribution in [0.1, 0.15) is 34.1 Å². The number of fused-ring (bicyclic) bond motifs is 1. The summed E-state index contributed by atoms with van der Waals surface area (Å²) in [6.45, 7) is 1.08. The van der Waals surface area contributed by atoms with Crippen LogP contribution < -0.4 is 0 Å². The van der Waals surface area contributed by atoms with Gasteiger partial charge >= 0.3 is 0 Å². The Balaban J connectivity index is 1.82. The molecule has 0 bridgehead atoms. The third kappa shape index (κ3) is 3.38. The minimum atomic E-state index is -0.437. The van der Waals surface area contributed by atoms with Crippen molar-refractivity contribution in [2.75, 3.05) is 20.3 Å². The molecule has 8 heteroatoms. The summed E-state index contributed by atoms with van der Waals surface area (Å²) < 4.78 is 5.14. The first-order chi connectivity index (χ1) is 14.1. The van der Waals surface area contributed by atoms with E-state index in [2.05, 4.69) is 10.2 Å². The largest absolute Gasteiger partial charge is 0.385 e. The lowest BCUT2D eigenvalue weighted by Gasteiger charge is -2.26. The first kappa shape index (κ1) is 18.8. The maximum absolute atomic E-state index is 13.1. The normalized spacial score (nSPS) is 15.6. The first-order valence-corrected chi connectivity index (χ1v) is 9.29. The SMILES string of the molecule is COCCCN1C(=O)c2[nH]nc(-c3cccc([N+](=O)[O-])c3)c2C1c1ccccc1. The van der Waals surface area contributed by atoms with Crippen molar-refractivity contribution >= 4 is 11.6 Å². The molecule has 0 fully saturated rings. The number of amides is 1. The first-order valence-electron chi connectivity index (χ1n) is 9.29. The van der Waals surface area contributed by atoms with E-state index in [1.54, 1.807) is 24.1 Å². The fraction of sp³-hybridized carbons (Fsp3) is 0.238. The van der Waals surface area contributed by atoms with Crippen molar-refractivity contribution < 1.29 is 14.5 Å². The van der Waals surface area contributed by atoms with Crippen LogP contribution in [0.3, 0.4) is 0 Å². The van der Waals surface area contributed by atoms with Gasteiger partial charge in [-0.3, -0.25) is 20.0 Å². The Morgan fingerprint density at radius 2 is 2.00 bits per heavy atom. The number of carbonyl (C=O) groups is 1. The summed E-state index contributed by atoms with van der Waals surface area (Å²) in [5.74, 6) is -0.130. The molecule has 0 aliphatic carbocycles. The lowest BCUT2D eigenvalue weighted by Crippen LogP contribution is -2.31. The molecule has 3 aromatic rings. The molecule has 1 atom stereocenters. The summed E-state index contributed by atoms with van der Waals surface area (Å²) in [6, 6.07) is 15.7. The smallest absolute Gasteiger partial charge is 0.273 e. The van der Waals surface area contributed by atoms with Crippen molar-refractivity contribution in [3.63, 3.8) is 0 Å². The Labute approximate surface area is 167 Å². The molecule has 4 rings (SSSR count). The lowest BCUT2D eigenvalue weighted by atomic mass is 9.96. The van der Waals surface area contributed by atoms with Crippen molar-refractivity contribution in [2.45, 2.75) is 12.5 Å². The number of nitro groups is 1. The van der Waals surface area contributed by atoms with E-state index < -0.39 is 4.92 Å². The van der Waals surface area contributed by atoms with Crippen LogP contribution in [-0.4, -0.2) is 46.2 Å². The Morgan fingerprint density at radius 1 is 1.21 bits per heavy atom. The molecule has 2 aromatic carbocycles. The standard InChI is InChI=1S/C21H20N4O4/c1-29-12-6-11-24-20(14-7-3-2-4-8-14)17-18(22-23-19(17)21(24)26)15-9-5-10-16(13-15)25(27)28/h2-5,7-10,13,20H,6,11-12H2,1H3,(H,22,23). The Hall–Kier alpha value is -3.52. The van der Waals surface area contributed by atoms with Gasteiger partial charge in [-0.2, -0.15) is 5.10 Å². The van der Waals surface area contributed by atoms with Crippen molar-refractivity contribution in [2.24, 2.45) is 0 Å². The number of carbonyl (C=O) groups excluding carboxylic acids is 1. The zero-order valence-corrected chi connectivity index (χ0v) is 15.9. The van der Waals surface area contributed by atoms with E-state index in [-0.39, 0.29) is 17.6 Å². The molecule has 1 N–H and O–H groups in total. The van der Waals surface area contributed by atoms with Gasteiger partial charge in [-0.15, -0.1) is 0 Å². The number of hydrogen-bond acceptors (Lipinski definition) is 5. The van der Waals surface area contributed by atoms with Crippen molar-refractivity contribution in [1.29, 1.82) is 0 Å². The molecule has 0 radical (unpaired) electrons. The van der Waals surface area contributed by atoms with Gasteiger partial charge in [-0.25, -0.2) is 0 Å². The van der Waals surface area contributed by atoms with E-state index >= 15 is 0 Å². The highest BCUT2D eigenvalue weighted by molar-refractivity contribution is 6.00. The number of aromatic nitrogens is 2. The van der Waals surface area contributed by atoms with E-state index in [9.17, 15) is 14.9 Å². The predicted octanol–water partition coefficient (Wildman–Crippen LogP) is 3.57. The van der Waals surface area contributed by atoms with Crippen LogP contribution in [0.5, 0.6) is 0 Å². The summed E-state index contributed by atoms with van der Waals surface area (Å²) >= 11 is 0. The zero-order chi connectivity index (χ0) is 20.4. The topological polar surface area (TPSA) is 101 Å². The third-order valence-electron chi connectivity index (χ3n) is 5.06. The number of benzene rings is 2. The molecular weight excluding hydrogens is 372 g/mol.